The number of aromatic nitrogens is 2. The average Bonchev–Trinajstić information content (AvgIpc) is 2.70. The van der Waals surface area contributed by atoms with E-state index in [4.69, 9.17) is 0 Å². The van der Waals surface area contributed by atoms with E-state index in [1.165, 1.54) is 12.8 Å². The first-order valence-corrected chi connectivity index (χ1v) is 6.34. The van der Waals surface area contributed by atoms with Crippen LogP contribution >= 0.6 is 35.7 Å². The van der Waals surface area contributed by atoms with Crippen LogP contribution in [0.4, 0.5) is 0 Å². The molecule has 5 heteroatoms. The third-order valence-electron chi connectivity index (χ3n) is 2.13. The largest absolute Gasteiger partial charge is 0.179 e. The molecule has 0 unspecified atom stereocenters. The molecule has 0 saturated heterocycles. The fourth-order valence-electron chi connectivity index (χ4n) is 0.966. The maximum Gasteiger partial charge on any atom is 0.174 e. The summed E-state index contributed by atoms with van der Waals surface area (Å²) in [5, 5.41) is 7.79. The summed E-state index contributed by atoms with van der Waals surface area (Å²) in [6, 6.07) is 0. The predicted octanol–water partition coefficient (Wildman–Crippen LogP) is 2.34. The first-order valence-electron chi connectivity index (χ1n) is 3.84. The Bertz CT molecular complexity index is 243. The minimum absolute atomic E-state index is 0.527. The highest BCUT2D eigenvalue weighted by Gasteiger charge is 2.41. The van der Waals surface area contributed by atoms with Gasteiger partial charge in [-0.15, -0.1) is 10.2 Å². The normalized spacial score (nSPS) is 19.4. The molecule has 0 aliphatic heterocycles. The predicted molar refractivity (Wildman–Crippen MR) is 56.2 cm³/mol. The molecular formula is C7H10N2S3. The van der Waals surface area contributed by atoms with Gasteiger partial charge in [0.15, 0.2) is 4.34 Å². The summed E-state index contributed by atoms with van der Waals surface area (Å²) >= 11 is 7.78. The zero-order valence-corrected chi connectivity index (χ0v) is 9.09. The van der Waals surface area contributed by atoms with Crippen molar-refractivity contribution in [2.75, 3.05) is 11.5 Å². The zero-order valence-electron chi connectivity index (χ0n) is 6.56. The molecule has 0 atom stereocenters. The molecule has 2 rings (SSSR count). The third-order valence-corrected chi connectivity index (χ3v) is 5.02. The van der Waals surface area contributed by atoms with Gasteiger partial charge in [0.25, 0.3) is 0 Å². The summed E-state index contributed by atoms with van der Waals surface area (Å²) in [4.78, 5) is 0. The molecule has 1 aliphatic rings. The monoisotopic (exact) mass is 218 g/mol. The minimum atomic E-state index is 0.527. The second-order valence-corrected chi connectivity index (χ2v) is 5.52. The van der Waals surface area contributed by atoms with Gasteiger partial charge in [-0.2, -0.15) is 12.6 Å². The maximum atomic E-state index is 4.35. The molecule has 0 N–H and O–H groups in total. The lowest BCUT2D eigenvalue weighted by Gasteiger charge is -2.08. The van der Waals surface area contributed by atoms with Crippen molar-refractivity contribution >= 4 is 35.7 Å². The van der Waals surface area contributed by atoms with E-state index in [2.05, 4.69) is 22.8 Å². The Balaban J connectivity index is 1.83. The van der Waals surface area contributed by atoms with Gasteiger partial charge < -0.3 is 0 Å². The number of nitrogens with zero attached hydrogens (tertiary/aromatic N) is 2. The lowest BCUT2D eigenvalue weighted by molar-refractivity contribution is 0.682. The summed E-state index contributed by atoms with van der Waals surface area (Å²) in [6.45, 7) is 0. The highest BCUT2D eigenvalue weighted by Crippen LogP contribution is 2.49. The van der Waals surface area contributed by atoms with E-state index in [1.807, 2.05) is 11.8 Å². The first-order chi connectivity index (χ1) is 5.85. The standard InChI is InChI=1S/C7H10N2S3/c10-3-7(1-2-7)4-11-6-9-8-5-12-6/h5,10H,1-4H2. The van der Waals surface area contributed by atoms with E-state index in [9.17, 15) is 0 Å². The quantitative estimate of drug-likeness (QED) is 0.620. The zero-order chi connectivity index (χ0) is 8.44. The molecular weight excluding hydrogens is 208 g/mol. The lowest BCUT2D eigenvalue weighted by Crippen LogP contribution is -2.05. The molecule has 1 heterocycles. The van der Waals surface area contributed by atoms with Gasteiger partial charge in [0, 0.05) is 5.75 Å². The van der Waals surface area contributed by atoms with Gasteiger partial charge in [-0.3, -0.25) is 0 Å². The van der Waals surface area contributed by atoms with Gasteiger partial charge in [-0.25, -0.2) is 0 Å². The SMILES string of the molecule is SCC1(CSc2nncs2)CC1. The maximum absolute atomic E-state index is 4.35. The molecule has 1 fully saturated rings. The third kappa shape index (κ3) is 1.95. The molecule has 1 aliphatic carbocycles. The van der Waals surface area contributed by atoms with Crippen molar-refractivity contribution in [2.24, 2.45) is 5.41 Å². The minimum Gasteiger partial charge on any atom is -0.179 e. The lowest BCUT2D eigenvalue weighted by atomic mass is 10.2. The van der Waals surface area contributed by atoms with Gasteiger partial charge >= 0.3 is 0 Å². The Labute approximate surface area is 85.6 Å². The molecule has 66 valence electrons. The van der Waals surface area contributed by atoms with E-state index in [1.54, 1.807) is 16.8 Å². The van der Waals surface area contributed by atoms with E-state index in [-0.39, 0.29) is 0 Å². The number of hydrogen-bond donors (Lipinski definition) is 1. The van der Waals surface area contributed by atoms with Crippen molar-refractivity contribution in [3.05, 3.63) is 5.51 Å². The van der Waals surface area contributed by atoms with Crippen LogP contribution in [0.15, 0.2) is 9.85 Å². The molecule has 1 aromatic rings. The number of thioether (sulfide) groups is 1. The molecule has 0 radical (unpaired) electrons. The van der Waals surface area contributed by atoms with E-state index in [0.29, 0.717) is 5.41 Å². The molecule has 0 spiro atoms. The Hall–Kier alpha value is 0.260. The summed E-state index contributed by atoms with van der Waals surface area (Å²) < 4.78 is 1.09. The van der Waals surface area contributed by atoms with Crippen LogP contribution in [0.5, 0.6) is 0 Å². The van der Waals surface area contributed by atoms with Gasteiger partial charge in [-0.1, -0.05) is 23.1 Å². The van der Waals surface area contributed by atoms with Crippen molar-refractivity contribution in [3.8, 4) is 0 Å². The fourth-order valence-corrected chi connectivity index (χ4v) is 3.33. The Morgan fingerprint density at radius 2 is 2.50 bits per heavy atom. The molecule has 1 aromatic heterocycles. The van der Waals surface area contributed by atoms with Crippen LogP contribution in [-0.4, -0.2) is 21.7 Å². The van der Waals surface area contributed by atoms with Crippen molar-refractivity contribution in [3.63, 3.8) is 0 Å². The first kappa shape index (κ1) is 8.84. The number of rotatable bonds is 4. The van der Waals surface area contributed by atoms with Crippen LogP contribution in [-0.2, 0) is 0 Å². The van der Waals surface area contributed by atoms with Crippen molar-refractivity contribution in [1.82, 2.24) is 10.2 Å². The fraction of sp³-hybridized carbons (Fsp3) is 0.714. The highest BCUT2D eigenvalue weighted by atomic mass is 32.2. The van der Waals surface area contributed by atoms with E-state index in [0.717, 1.165) is 15.8 Å². The van der Waals surface area contributed by atoms with Crippen LogP contribution in [0.3, 0.4) is 0 Å². The second kappa shape index (κ2) is 3.55. The van der Waals surface area contributed by atoms with Gasteiger partial charge in [0.05, 0.1) is 0 Å². The smallest absolute Gasteiger partial charge is 0.174 e. The van der Waals surface area contributed by atoms with Crippen LogP contribution in [0.1, 0.15) is 12.8 Å². The molecule has 12 heavy (non-hydrogen) atoms. The summed E-state index contributed by atoms with van der Waals surface area (Å²) in [7, 11) is 0. The highest BCUT2D eigenvalue weighted by molar-refractivity contribution is 8.01. The molecule has 0 aromatic carbocycles. The molecule has 2 nitrogen and oxygen atoms in total. The Kier molecular flexibility index (Phi) is 2.62. The van der Waals surface area contributed by atoms with E-state index >= 15 is 0 Å². The van der Waals surface area contributed by atoms with E-state index < -0.39 is 0 Å². The van der Waals surface area contributed by atoms with Gasteiger partial charge in [0.1, 0.15) is 5.51 Å². The van der Waals surface area contributed by atoms with Crippen molar-refractivity contribution in [1.29, 1.82) is 0 Å². The van der Waals surface area contributed by atoms with Crippen molar-refractivity contribution < 1.29 is 0 Å². The molecule has 1 saturated carbocycles. The summed E-state index contributed by atoms with van der Waals surface area (Å²) in [5.41, 5.74) is 2.31. The van der Waals surface area contributed by atoms with Crippen LogP contribution < -0.4 is 0 Å². The van der Waals surface area contributed by atoms with Crippen molar-refractivity contribution in [2.45, 2.75) is 17.2 Å². The van der Waals surface area contributed by atoms with Crippen LogP contribution in [0.2, 0.25) is 0 Å². The number of thiol groups is 1. The molecule has 0 amide bonds. The number of hydrogen-bond acceptors (Lipinski definition) is 5. The Morgan fingerprint density at radius 3 is 3.00 bits per heavy atom. The van der Waals surface area contributed by atoms with Crippen LogP contribution in [0.25, 0.3) is 0 Å². The van der Waals surface area contributed by atoms with Crippen LogP contribution in [0, 0.1) is 5.41 Å². The molecule has 0 bridgehead atoms. The second-order valence-electron chi connectivity index (χ2n) is 3.15. The van der Waals surface area contributed by atoms with Gasteiger partial charge in [-0.05, 0) is 24.0 Å². The summed E-state index contributed by atoms with van der Waals surface area (Å²) in [5.74, 6) is 2.17. The average molecular weight is 218 g/mol. The van der Waals surface area contributed by atoms with Gasteiger partial charge in [0.2, 0.25) is 0 Å². The topological polar surface area (TPSA) is 25.8 Å². The summed E-state index contributed by atoms with van der Waals surface area (Å²) in [6.07, 6.45) is 2.67. The Morgan fingerprint density at radius 1 is 1.67 bits per heavy atom.